The van der Waals surface area contributed by atoms with Gasteiger partial charge in [-0.25, -0.2) is 4.79 Å². The Bertz CT molecular complexity index is 379. The topological polar surface area (TPSA) is 67.8 Å². The van der Waals surface area contributed by atoms with Gasteiger partial charge < -0.3 is 19.9 Å². The molecular weight excluding hydrogens is 222 g/mol. The van der Waals surface area contributed by atoms with E-state index in [9.17, 15) is 4.79 Å². The van der Waals surface area contributed by atoms with Crippen LogP contribution in [0.5, 0.6) is 11.5 Å². The first kappa shape index (κ1) is 13.2. The molecule has 0 atom stereocenters. The van der Waals surface area contributed by atoms with Crippen molar-refractivity contribution < 1.29 is 19.4 Å². The van der Waals surface area contributed by atoms with Gasteiger partial charge in [0.1, 0.15) is 0 Å². The first-order valence-electron chi connectivity index (χ1n) is 5.44. The maximum atomic E-state index is 10.3. The molecule has 0 aliphatic heterocycles. The number of methoxy groups -OCH3 is 1. The van der Waals surface area contributed by atoms with Gasteiger partial charge in [0.25, 0.3) is 0 Å². The molecule has 0 bridgehead atoms. The molecule has 1 aromatic carbocycles. The van der Waals surface area contributed by atoms with E-state index in [1.54, 1.807) is 7.11 Å². The molecule has 1 aromatic rings. The lowest BCUT2D eigenvalue weighted by Gasteiger charge is -2.11. The van der Waals surface area contributed by atoms with E-state index >= 15 is 0 Å². The Hall–Kier alpha value is -1.91. The fourth-order valence-corrected chi connectivity index (χ4v) is 1.46. The molecule has 5 nitrogen and oxygen atoms in total. The summed E-state index contributed by atoms with van der Waals surface area (Å²) in [5.74, 6) is 1.37. The molecule has 0 radical (unpaired) electrons. The Morgan fingerprint density at radius 2 is 2.18 bits per heavy atom. The summed E-state index contributed by atoms with van der Waals surface area (Å²) in [7, 11) is 1.59. The van der Waals surface area contributed by atoms with Gasteiger partial charge in [0.15, 0.2) is 11.5 Å². The summed E-state index contributed by atoms with van der Waals surface area (Å²) >= 11 is 0. The van der Waals surface area contributed by atoms with Crippen LogP contribution in [0.2, 0.25) is 0 Å². The molecule has 17 heavy (non-hydrogen) atoms. The number of nitrogens with one attached hydrogen (secondary N) is 1. The second-order valence-electron chi connectivity index (χ2n) is 3.40. The van der Waals surface area contributed by atoms with E-state index in [0.29, 0.717) is 31.1 Å². The maximum Gasteiger partial charge on any atom is 0.404 e. The van der Waals surface area contributed by atoms with Gasteiger partial charge in [0.2, 0.25) is 0 Å². The van der Waals surface area contributed by atoms with Gasteiger partial charge in [-0.15, -0.1) is 0 Å². The lowest BCUT2D eigenvalue weighted by atomic mass is 10.1. The molecule has 0 aliphatic rings. The van der Waals surface area contributed by atoms with Crippen molar-refractivity contribution in [2.45, 2.75) is 13.3 Å². The Morgan fingerprint density at radius 1 is 1.41 bits per heavy atom. The molecular formula is C12H17NO4. The zero-order valence-corrected chi connectivity index (χ0v) is 10.0. The van der Waals surface area contributed by atoms with Gasteiger partial charge in [0, 0.05) is 6.54 Å². The summed E-state index contributed by atoms with van der Waals surface area (Å²) in [5, 5.41) is 10.8. The first-order chi connectivity index (χ1) is 8.17. The summed E-state index contributed by atoms with van der Waals surface area (Å²) in [4.78, 5) is 10.3. The predicted octanol–water partition coefficient (Wildman–Crippen LogP) is 1.90. The fourth-order valence-electron chi connectivity index (χ4n) is 1.46. The highest BCUT2D eigenvalue weighted by atomic mass is 16.5. The van der Waals surface area contributed by atoms with Crippen molar-refractivity contribution in [1.82, 2.24) is 5.32 Å². The van der Waals surface area contributed by atoms with Crippen molar-refractivity contribution in [3.05, 3.63) is 23.8 Å². The predicted molar refractivity (Wildman–Crippen MR) is 63.9 cm³/mol. The van der Waals surface area contributed by atoms with Gasteiger partial charge in [-0.05, 0) is 31.0 Å². The number of amides is 1. The van der Waals surface area contributed by atoms with E-state index in [1.807, 2.05) is 25.1 Å². The number of hydrogen-bond donors (Lipinski definition) is 2. The average Bonchev–Trinajstić information content (AvgIpc) is 2.29. The van der Waals surface area contributed by atoms with Crippen molar-refractivity contribution in [2.24, 2.45) is 0 Å². The average molecular weight is 239 g/mol. The fraction of sp³-hybridized carbons (Fsp3) is 0.417. The van der Waals surface area contributed by atoms with E-state index in [1.165, 1.54) is 0 Å². The highest BCUT2D eigenvalue weighted by Gasteiger charge is 2.05. The van der Waals surface area contributed by atoms with Crippen molar-refractivity contribution in [1.29, 1.82) is 0 Å². The Balaban J connectivity index is 2.67. The van der Waals surface area contributed by atoms with E-state index < -0.39 is 6.09 Å². The van der Waals surface area contributed by atoms with Crippen LogP contribution < -0.4 is 14.8 Å². The van der Waals surface area contributed by atoms with Crippen molar-refractivity contribution in [3.8, 4) is 11.5 Å². The molecule has 0 aromatic heterocycles. The summed E-state index contributed by atoms with van der Waals surface area (Å²) in [6.45, 7) is 2.85. The van der Waals surface area contributed by atoms with E-state index in [0.717, 1.165) is 5.56 Å². The standard InChI is InChI=1S/C12H17NO4/c1-3-17-11-8-9(4-5-10(11)16-2)6-7-13-12(14)15/h4-5,8,13H,3,6-7H2,1-2H3,(H,14,15). The van der Waals surface area contributed by atoms with Crippen LogP contribution in [0.1, 0.15) is 12.5 Å². The van der Waals surface area contributed by atoms with Crippen LogP contribution in [0.3, 0.4) is 0 Å². The largest absolute Gasteiger partial charge is 0.493 e. The van der Waals surface area contributed by atoms with Gasteiger partial charge >= 0.3 is 6.09 Å². The molecule has 0 aliphatic carbocycles. The normalized spacial score (nSPS) is 9.76. The van der Waals surface area contributed by atoms with Crippen LogP contribution in [0.15, 0.2) is 18.2 Å². The molecule has 0 unspecified atom stereocenters. The summed E-state index contributed by atoms with van der Waals surface area (Å²) in [5.41, 5.74) is 1.00. The lowest BCUT2D eigenvalue weighted by Crippen LogP contribution is -2.23. The molecule has 1 amide bonds. The maximum absolute atomic E-state index is 10.3. The SMILES string of the molecule is CCOc1cc(CCNC(=O)O)ccc1OC. The lowest BCUT2D eigenvalue weighted by molar-refractivity contribution is 0.194. The Labute approximate surface area is 100 Å². The minimum Gasteiger partial charge on any atom is -0.493 e. The minimum atomic E-state index is -1.01. The van der Waals surface area contributed by atoms with Gasteiger partial charge in [0.05, 0.1) is 13.7 Å². The van der Waals surface area contributed by atoms with Crippen LogP contribution in [0.4, 0.5) is 4.79 Å². The molecule has 94 valence electrons. The third kappa shape index (κ3) is 4.22. The molecule has 0 spiro atoms. The monoisotopic (exact) mass is 239 g/mol. The zero-order chi connectivity index (χ0) is 12.7. The van der Waals surface area contributed by atoms with E-state index in [2.05, 4.69) is 5.32 Å². The highest BCUT2D eigenvalue weighted by Crippen LogP contribution is 2.28. The van der Waals surface area contributed by atoms with Crippen LogP contribution in [-0.2, 0) is 6.42 Å². The van der Waals surface area contributed by atoms with Crippen LogP contribution in [0, 0.1) is 0 Å². The van der Waals surface area contributed by atoms with Crippen LogP contribution in [0.25, 0.3) is 0 Å². The summed E-state index contributed by atoms with van der Waals surface area (Å²) < 4.78 is 10.6. The first-order valence-corrected chi connectivity index (χ1v) is 5.44. The molecule has 0 fully saturated rings. The minimum absolute atomic E-state index is 0.382. The Morgan fingerprint density at radius 3 is 2.76 bits per heavy atom. The molecule has 2 N–H and O–H groups in total. The second-order valence-corrected chi connectivity index (χ2v) is 3.40. The number of ether oxygens (including phenoxy) is 2. The Kier molecular flexibility index (Phi) is 5.13. The number of carboxylic acid groups (broad SMARTS) is 1. The molecule has 0 saturated carbocycles. The molecule has 0 heterocycles. The number of carbonyl (C=O) groups is 1. The van der Waals surface area contributed by atoms with Crippen LogP contribution in [-0.4, -0.2) is 31.5 Å². The molecule has 5 heteroatoms. The van der Waals surface area contributed by atoms with Crippen LogP contribution >= 0.6 is 0 Å². The zero-order valence-electron chi connectivity index (χ0n) is 10.0. The van der Waals surface area contributed by atoms with Crippen molar-refractivity contribution in [3.63, 3.8) is 0 Å². The number of rotatable bonds is 6. The number of benzene rings is 1. The number of hydrogen-bond acceptors (Lipinski definition) is 3. The van der Waals surface area contributed by atoms with Crippen molar-refractivity contribution >= 4 is 6.09 Å². The van der Waals surface area contributed by atoms with Gasteiger partial charge in [-0.2, -0.15) is 0 Å². The molecule has 0 saturated heterocycles. The van der Waals surface area contributed by atoms with E-state index in [-0.39, 0.29) is 0 Å². The van der Waals surface area contributed by atoms with Gasteiger partial charge in [-0.1, -0.05) is 6.07 Å². The van der Waals surface area contributed by atoms with Gasteiger partial charge in [-0.3, -0.25) is 0 Å². The van der Waals surface area contributed by atoms with E-state index in [4.69, 9.17) is 14.6 Å². The quantitative estimate of drug-likeness (QED) is 0.795. The third-order valence-corrected chi connectivity index (χ3v) is 2.22. The second kappa shape index (κ2) is 6.62. The van der Waals surface area contributed by atoms with Crippen molar-refractivity contribution in [2.75, 3.05) is 20.3 Å². The summed E-state index contributed by atoms with van der Waals surface area (Å²) in [6.07, 6.45) is -0.389. The smallest absolute Gasteiger partial charge is 0.404 e. The summed E-state index contributed by atoms with van der Waals surface area (Å²) in [6, 6.07) is 5.58. The highest BCUT2D eigenvalue weighted by molar-refractivity contribution is 5.64. The molecule has 1 rings (SSSR count). The third-order valence-electron chi connectivity index (χ3n) is 2.22.